The Morgan fingerprint density at radius 1 is 1.19 bits per heavy atom. The van der Waals surface area contributed by atoms with Crippen LogP contribution in [0, 0.1) is 11.3 Å². The maximum atomic E-state index is 9.80. The van der Waals surface area contributed by atoms with E-state index in [2.05, 4.69) is 21.4 Å². The summed E-state index contributed by atoms with van der Waals surface area (Å²) >= 11 is 0. The number of hydrogen-bond donors (Lipinski definition) is 1. The number of nitrogens with one attached hydrogen (secondary N) is 1. The maximum absolute atomic E-state index is 9.80. The van der Waals surface area contributed by atoms with Gasteiger partial charge in [-0.05, 0) is 42.8 Å². The first-order valence-corrected chi connectivity index (χ1v) is 9.92. The third kappa shape index (κ3) is 4.37. The van der Waals surface area contributed by atoms with Crippen LogP contribution in [-0.2, 0) is 11.3 Å². The molecule has 8 nitrogen and oxygen atoms in total. The molecule has 0 fully saturated rings. The molecule has 8 heteroatoms. The van der Waals surface area contributed by atoms with Crippen molar-refractivity contribution in [2.75, 3.05) is 19.5 Å². The van der Waals surface area contributed by atoms with E-state index in [1.807, 2.05) is 30.4 Å². The highest BCUT2D eigenvalue weighted by Crippen LogP contribution is 2.32. The van der Waals surface area contributed by atoms with Gasteiger partial charge in [0.2, 0.25) is 0 Å². The Balaban J connectivity index is 1.73. The minimum Gasteiger partial charge on any atom is -0.497 e. The SMILES string of the molecule is COc1ccc(CNc2nc(C3=CCC=CO3)c(-c3ccncn3)cc2C#N)c(OC)c1. The molecule has 160 valence electrons. The number of ether oxygens (including phenoxy) is 3. The Morgan fingerprint density at radius 3 is 2.78 bits per heavy atom. The van der Waals surface area contributed by atoms with E-state index in [4.69, 9.17) is 19.2 Å². The van der Waals surface area contributed by atoms with Crippen molar-refractivity contribution in [2.45, 2.75) is 13.0 Å². The molecule has 0 aliphatic carbocycles. The Kier molecular flexibility index (Phi) is 6.28. The average Bonchev–Trinajstić information content (AvgIpc) is 2.87. The van der Waals surface area contributed by atoms with E-state index in [9.17, 15) is 5.26 Å². The third-order valence-electron chi connectivity index (χ3n) is 4.91. The predicted molar refractivity (Wildman–Crippen MR) is 120 cm³/mol. The topological polar surface area (TPSA) is 102 Å². The molecule has 1 N–H and O–H groups in total. The summed E-state index contributed by atoms with van der Waals surface area (Å²) in [6.45, 7) is 0.404. The second-order valence-electron chi connectivity index (χ2n) is 6.81. The predicted octanol–water partition coefficient (Wildman–Crippen LogP) is 4.31. The summed E-state index contributed by atoms with van der Waals surface area (Å²) in [6, 6.07) is 11.3. The lowest BCUT2D eigenvalue weighted by Crippen LogP contribution is -2.08. The molecule has 0 saturated heterocycles. The smallest absolute Gasteiger partial charge is 0.149 e. The highest BCUT2D eigenvalue weighted by atomic mass is 16.5. The molecule has 0 radical (unpaired) electrons. The molecule has 0 unspecified atom stereocenters. The molecule has 0 amide bonds. The van der Waals surface area contributed by atoms with Crippen molar-refractivity contribution in [3.05, 3.63) is 78.1 Å². The number of benzene rings is 1. The molecule has 0 bridgehead atoms. The summed E-state index contributed by atoms with van der Waals surface area (Å²) in [5.74, 6) is 2.43. The number of nitriles is 1. The molecular weight excluding hydrogens is 406 g/mol. The Bertz CT molecular complexity index is 1220. The highest BCUT2D eigenvalue weighted by molar-refractivity contribution is 5.78. The molecule has 3 heterocycles. The van der Waals surface area contributed by atoms with Gasteiger partial charge >= 0.3 is 0 Å². The minimum atomic E-state index is 0.391. The fourth-order valence-electron chi connectivity index (χ4n) is 3.30. The lowest BCUT2D eigenvalue weighted by Gasteiger charge is -2.17. The number of anilines is 1. The van der Waals surface area contributed by atoms with Gasteiger partial charge in [0.25, 0.3) is 0 Å². The van der Waals surface area contributed by atoms with Gasteiger partial charge in [-0.25, -0.2) is 15.0 Å². The van der Waals surface area contributed by atoms with E-state index in [0.29, 0.717) is 52.1 Å². The van der Waals surface area contributed by atoms with Crippen LogP contribution in [0.3, 0.4) is 0 Å². The normalized spacial score (nSPS) is 12.3. The first-order valence-electron chi connectivity index (χ1n) is 9.92. The van der Waals surface area contributed by atoms with Crippen LogP contribution in [0.1, 0.15) is 23.2 Å². The summed E-state index contributed by atoms with van der Waals surface area (Å²) in [7, 11) is 3.21. The number of hydrogen-bond acceptors (Lipinski definition) is 8. The zero-order valence-electron chi connectivity index (χ0n) is 17.7. The van der Waals surface area contributed by atoms with Crippen molar-refractivity contribution in [2.24, 2.45) is 0 Å². The number of aromatic nitrogens is 3. The molecule has 0 atom stereocenters. The summed E-state index contributed by atoms with van der Waals surface area (Å²) in [6.07, 6.45) is 9.32. The van der Waals surface area contributed by atoms with E-state index >= 15 is 0 Å². The number of allylic oxidation sites excluding steroid dienone is 2. The molecule has 3 aromatic rings. The Morgan fingerprint density at radius 2 is 2.09 bits per heavy atom. The lowest BCUT2D eigenvalue weighted by atomic mass is 10.0. The van der Waals surface area contributed by atoms with Gasteiger partial charge in [0.15, 0.2) is 0 Å². The molecule has 32 heavy (non-hydrogen) atoms. The molecule has 4 rings (SSSR count). The van der Waals surface area contributed by atoms with Crippen LogP contribution >= 0.6 is 0 Å². The molecule has 2 aromatic heterocycles. The van der Waals surface area contributed by atoms with Gasteiger partial charge < -0.3 is 19.5 Å². The fourth-order valence-corrected chi connectivity index (χ4v) is 3.30. The monoisotopic (exact) mass is 427 g/mol. The molecule has 0 spiro atoms. The Labute approximate surface area is 185 Å². The van der Waals surface area contributed by atoms with Gasteiger partial charge in [-0.15, -0.1) is 0 Å². The van der Waals surface area contributed by atoms with E-state index < -0.39 is 0 Å². The van der Waals surface area contributed by atoms with E-state index in [0.717, 1.165) is 12.0 Å². The summed E-state index contributed by atoms with van der Waals surface area (Å²) in [5.41, 5.74) is 3.23. The molecule has 0 saturated carbocycles. The number of rotatable bonds is 7. The van der Waals surface area contributed by atoms with Gasteiger partial charge in [-0.3, -0.25) is 0 Å². The van der Waals surface area contributed by atoms with Crippen molar-refractivity contribution in [3.63, 3.8) is 0 Å². The van der Waals surface area contributed by atoms with Crippen LogP contribution in [0.2, 0.25) is 0 Å². The fraction of sp³-hybridized carbons (Fsp3) is 0.167. The first kappa shape index (κ1) is 20.9. The quantitative estimate of drug-likeness (QED) is 0.595. The largest absolute Gasteiger partial charge is 0.497 e. The third-order valence-corrected chi connectivity index (χ3v) is 4.91. The van der Waals surface area contributed by atoms with Crippen LogP contribution in [0.5, 0.6) is 11.5 Å². The minimum absolute atomic E-state index is 0.391. The van der Waals surface area contributed by atoms with Crippen LogP contribution < -0.4 is 14.8 Å². The van der Waals surface area contributed by atoms with E-state index in [1.54, 1.807) is 38.8 Å². The van der Waals surface area contributed by atoms with Crippen molar-refractivity contribution < 1.29 is 14.2 Å². The zero-order chi connectivity index (χ0) is 22.3. The number of methoxy groups -OCH3 is 2. The number of nitrogens with zero attached hydrogens (tertiary/aromatic N) is 4. The van der Waals surface area contributed by atoms with Crippen molar-refractivity contribution in [1.82, 2.24) is 15.0 Å². The summed E-state index contributed by atoms with van der Waals surface area (Å²) in [5, 5.41) is 13.1. The molecule has 1 aromatic carbocycles. The van der Waals surface area contributed by atoms with Crippen LogP contribution in [0.15, 0.2) is 61.3 Å². The van der Waals surface area contributed by atoms with E-state index in [1.165, 1.54) is 6.33 Å². The molecule has 1 aliphatic heterocycles. The highest BCUT2D eigenvalue weighted by Gasteiger charge is 2.19. The van der Waals surface area contributed by atoms with Gasteiger partial charge in [-0.2, -0.15) is 5.26 Å². The van der Waals surface area contributed by atoms with Crippen LogP contribution in [0.25, 0.3) is 17.0 Å². The first-order chi connectivity index (χ1) is 15.7. The Hall–Kier alpha value is -4.38. The second-order valence-corrected chi connectivity index (χ2v) is 6.81. The van der Waals surface area contributed by atoms with Crippen molar-refractivity contribution in [3.8, 4) is 28.8 Å². The summed E-state index contributed by atoms with van der Waals surface area (Å²) < 4.78 is 16.4. The second kappa shape index (κ2) is 9.62. The van der Waals surface area contributed by atoms with Gasteiger partial charge in [0, 0.05) is 29.9 Å². The van der Waals surface area contributed by atoms with Crippen molar-refractivity contribution >= 4 is 11.6 Å². The number of pyridine rings is 1. The van der Waals surface area contributed by atoms with Crippen LogP contribution in [-0.4, -0.2) is 29.2 Å². The zero-order valence-corrected chi connectivity index (χ0v) is 17.7. The van der Waals surface area contributed by atoms with E-state index in [-0.39, 0.29) is 0 Å². The molecule has 1 aliphatic rings. The maximum Gasteiger partial charge on any atom is 0.149 e. The van der Waals surface area contributed by atoms with Gasteiger partial charge in [-0.1, -0.05) is 0 Å². The van der Waals surface area contributed by atoms with Crippen molar-refractivity contribution in [1.29, 1.82) is 5.26 Å². The summed E-state index contributed by atoms with van der Waals surface area (Å²) in [4.78, 5) is 13.1. The van der Waals surface area contributed by atoms with Gasteiger partial charge in [0.05, 0.1) is 31.7 Å². The average molecular weight is 427 g/mol. The van der Waals surface area contributed by atoms with Crippen LogP contribution in [0.4, 0.5) is 5.82 Å². The van der Waals surface area contributed by atoms with Gasteiger partial charge in [0.1, 0.15) is 41.2 Å². The molecular formula is C24H21N5O3. The standard InChI is InChI=1S/C24H21N5O3/c1-30-18-7-6-16(22(12-18)31-2)14-27-24-17(13-25)11-19(20-8-9-26-15-28-20)23(29-24)21-5-3-4-10-32-21/h4-12,15H,3,14H2,1-2H3,(H,27,29). The lowest BCUT2D eigenvalue weighted by molar-refractivity contribution is 0.391.